The van der Waals surface area contributed by atoms with E-state index in [0.29, 0.717) is 5.75 Å². The molecule has 2 aromatic carbocycles. The van der Waals surface area contributed by atoms with Crippen molar-refractivity contribution >= 4 is 21.8 Å². The summed E-state index contributed by atoms with van der Waals surface area (Å²) < 4.78 is 38.6. The molecular weight excluding hydrogens is 446 g/mol. The van der Waals surface area contributed by atoms with Gasteiger partial charge in [-0.05, 0) is 63.1 Å². The van der Waals surface area contributed by atoms with E-state index in [4.69, 9.17) is 9.47 Å². The van der Waals surface area contributed by atoms with Gasteiger partial charge in [0.15, 0.2) is 6.61 Å². The first-order chi connectivity index (χ1) is 15.6. The number of benzene rings is 2. The molecule has 10 heteroatoms. The Hall–Kier alpha value is -2.95. The Morgan fingerprint density at radius 1 is 1.06 bits per heavy atom. The van der Waals surface area contributed by atoms with Crippen molar-refractivity contribution in [3.63, 3.8) is 0 Å². The minimum Gasteiger partial charge on any atom is -0.483 e. The van der Waals surface area contributed by atoms with Crippen molar-refractivity contribution < 1.29 is 27.5 Å². The molecule has 1 aliphatic rings. The summed E-state index contributed by atoms with van der Waals surface area (Å²) in [5.74, 6) is -0.610. The molecule has 9 nitrogen and oxygen atoms in total. The Morgan fingerprint density at radius 2 is 1.76 bits per heavy atom. The average molecular weight is 476 g/mol. The zero-order valence-corrected chi connectivity index (χ0v) is 19.9. The Kier molecular flexibility index (Phi) is 7.72. The van der Waals surface area contributed by atoms with Crippen LogP contribution in [0, 0.1) is 13.8 Å². The maximum atomic E-state index is 13.0. The Labute approximate surface area is 194 Å². The van der Waals surface area contributed by atoms with Gasteiger partial charge in [0.2, 0.25) is 10.0 Å². The van der Waals surface area contributed by atoms with Gasteiger partial charge in [0.25, 0.3) is 11.8 Å². The number of aryl methyl sites for hydroxylation is 2. The molecule has 0 aliphatic carbocycles. The van der Waals surface area contributed by atoms with Crippen molar-refractivity contribution in [1.29, 1.82) is 0 Å². The number of hydrogen-bond acceptors (Lipinski definition) is 6. The largest absolute Gasteiger partial charge is 0.483 e. The molecule has 1 saturated heterocycles. The zero-order chi connectivity index (χ0) is 24.2. The fraction of sp³-hybridized carbons (Fsp3) is 0.391. The molecule has 1 aliphatic heterocycles. The highest BCUT2D eigenvalue weighted by atomic mass is 32.2. The SMILES string of the molecule is Cc1ccc(C)c(OCC(=O)NNC(=O)c2cccc(S(=O)(=O)N3CC(C)OC(C)C3)c2)c1. The number of nitrogens with zero attached hydrogens (tertiary/aromatic N) is 1. The molecule has 2 unspecified atom stereocenters. The van der Waals surface area contributed by atoms with E-state index < -0.39 is 21.8 Å². The lowest BCUT2D eigenvalue weighted by Crippen LogP contribution is -2.48. The van der Waals surface area contributed by atoms with Gasteiger partial charge in [0.1, 0.15) is 5.75 Å². The molecule has 1 heterocycles. The molecule has 1 fully saturated rings. The van der Waals surface area contributed by atoms with Crippen LogP contribution < -0.4 is 15.6 Å². The average Bonchev–Trinajstić information content (AvgIpc) is 2.77. The second-order valence-electron chi connectivity index (χ2n) is 8.17. The Balaban J connectivity index is 1.60. The number of morpholine rings is 1. The third-order valence-electron chi connectivity index (χ3n) is 5.14. The van der Waals surface area contributed by atoms with E-state index in [0.717, 1.165) is 11.1 Å². The number of nitrogens with one attached hydrogen (secondary N) is 2. The van der Waals surface area contributed by atoms with Gasteiger partial charge in [0, 0.05) is 18.7 Å². The monoisotopic (exact) mass is 475 g/mol. The first kappa shape index (κ1) is 24.7. The highest BCUT2D eigenvalue weighted by Gasteiger charge is 2.32. The molecule has 2 N–H and O–H groups in total. The van der Waals surface area contributed by atoms with Crippen molar-refractivity contribution in [2.45, 2.75) is 44.8 Å². The van der Waals surface area contributed by atoms with Gasteiger partial charge < -0.3 is 9.47 Å². The van der Waals surface area contributed by atoms with Crippen LogP contribution in [-0.4, -0.2) is 56.4 Å². The lowest BCUT2D eigenvalue weighted by atomic mass is 10.1. The third kappa shape index (κ3) is 6.31. The molecule has 0 bridgehead atoms. The maximum Gasteiger partial charge on any atom is 0.276 e. The molecule has 0 aromatic heterocycles. The molecule has 3 rings (SSSR count). The molecule has 33 heavy (non-hydrogen) atoms. The van der Waals surface area contributed by atoms with Crippen LogP contribution in [-0.2, 0) is 19.6 Å². The summed E-state index contributed by atoms with van der Waals surface area (Å²) in [5, 5.41) is 0. The molecule has 0 radical (unpaired) electrons. The van der Waals surface area contributed by atoms with Crippen molar-refractivity contribution in [1.82, 2.24) is 15.2 Å². The van der Waals surface area contributed by atoms with Gasteiger partial charge in [0.05, 0.1) is 17.1 Å². The fourth-order valence-corrected chi connectivity index (χ4v) is 5.15. The molecule has 0 spiro atoms. The lowest BCUT2D eigenvalue weighted by molar-refractivity contribution is -0.123. The summed E-state index contributed by atoms with van der Waals surface area (Å²) in [7, 11) is -3.80. The molecule has 0 saturated carbocycles. The maximum absolute atomic E-state index is 13.0. The van der Waals surface area contributed by atoms with Crippen LogP contribution in [0.2, 0.25) is 0 Å². The molecule has 2 amide bonds. The quantitative estimate of drug-likeness (QED) is 0.618. The summed E-state index contributed by atoms with van der Waals surface area (Å²) in [4.78, 5) is 24.6. The van der Waals surface area contributed by atoms with Crippen LogP contribution in [0.25, 0.3) is 0 Å². The molecular formula is C23H29N3O6S. The predicted molar refractivity (Wildman–Crippen MR) is 122 cm³/mol. The fourth-order valence-electron chi connectivity index (χ4n) is 3.51. The van der Waals surface area contributed by atoms with Crippen LogP contribution in [0.15, 0.2) is 47.4 Å². The highest BCUT2D eigenvalue weighted by molar-refractivity contribution is 7.89. The van der Waals surface area contributed by atoms with Gasteiger partial charge in [-0.15, -0.1) is 0 Å². The van der Waals surface area contributed by atoms with Gasteiger partial charge in [-0.1, -0.05) is 18.2 Å². The van der Waals surface area contributed by atoms with Crippen molar-refractivity contribution in [3.8, 4) is 5.75 Å². The first-order valence-corrected chi connectivity index (χ1v) is 12.0. The van der Waals surface area contributed by atoms with Crippen LogP contribution >= 0.6 is 0 Å². The Morgan fingerprint density at radius 3 is 2.45 bits per heavy atom. The van der Waals surface area contributed by atoms with E-state index in [9.17, 15) is 18.0 Å². The molecule has 2 atom stereocenters. The highest BCUT2D eigenvalue weighted by Crippen LogP contribution is 2.22. The van der Waals surface area contributed by atoms with E-state index in [1.54, 1.807) is 0 Å². The Bertz CT molecular complexity index is 1120. The molecule has 2 aromatic rings. The van der Waals surface area contributed by atoms with Crippen molar-refractivity contribution in [3.05, 3.63) is 59.2 Å². The number of amides is 2. The van der Waals surface area contributed by atoms with E-state index in [2.05, 4.69) is 10.9 Å². The number of hydrazine groups is 1. The minimum atomic E-state index is -3.80. The summed E-state index contributed by atoms with van der Waals surface area (Å²) >= 11 is 0. The van der Waals surface area contributed by atoms with E-state index in [1.165, 1.54) is 28.6 Å². The van der Waals surface area contributed by atoms with Gasteiger partial charge in [-0.2, -0.15) is 4.31 Å². The lowest BCUT2D eigenvalue weighted by Gasteiger charge is -2.34. The van der Waals surface area contributed by atoms with Gasteiger partial charge in [-0.25, -0.2) is 8.42 Å². The smallest absolute Gasteiger partial charge is 0.276 e. The minimum absolute atomic E-state index is 0.000956. The standard InChI is InChI=1S/C23H29N3O6S/c1-15-8-9-16(2)21(10-15)31-14-22(27)24-25-23(28)19-6-5-7-20(11-19)33(29,30)26-12-17(3)32-18(4)13-26/h5-11,17-18H,12-14H2,1-4H3,(H,24,27)(H,25,28). The van der Waals surface area contributed by atoms with Gasteiger partial charge >= 0.3 is 0 Å². The van der Waals surface area contributed by atoms with E-state index in [-0.39, 0.29) is 42.4 Å². The van der Waals surface area contributed by atoms with Crippen molar-refractivity contribution in [2.24, 2.45) is 0 Å². The number of sulfonamides is 1. The van der Waals surface area contributed by atoms with Crippen LogP contribution in [0.4, 0.5) is 0 Å². The van der Waals surface area contributed by atoms with E-state index in [1.807, 2.05) is 45.9 Å². The topological polar surface area (TPSA) is 114 Å². The number of rotatable bonds is 6. The first-order valence-electron chi connectivity index (χ1n) is 10.6. The van der Waals surface area contributed by atoms with Crippen molar-refractivity contribution in [2.75, 3.05) is 19.7 Å². The third-order valence-corrected chi connectivity index (χ3v) is 6.97. The van der Waals surface area contributed by atoms with E-state index >= 15 is 0 Å². The summed E-state index contributed by atoms with van der Waals surface area (Å²) in [5.41, 5.74) is 6.55. The molecule has 178 valence electrons. The summed E-state index contributed by atoms with van der Waals surface area (Å²) in [6.45, 7) is 7.60. The van der Waals surface area contributed by atoms with Crippen LogP contribution in [0.1, 0.15) is 35.3 Å². The predicted octanol–water partition coefficient (Wildman–Crippen LogP) is 1.94. The number of carbonyl (C=O) groups excluding carboxylic acids is 2. The van der Waals surface area contributed by atoms with Gasteiger partial charge in [-0.3, -0.25) is 20.4 Å². The second kappa shape index (κ2) is 10.3. The number of hydrogen-bond donors (Lipinski definition) is 2. The zero-order valence-electron chi connectivity index (χ0n) is 19.1. The summed E-state index contributed by atoms with van der Waals surface area (Å²) in [6, 6.07) is 11.3. The number of carbonyl (C=O) groups is 2. The normalized spacial score (nSPS) is 19.0. The van der Waals surface area contributed by atoms with Crippen LogP contribution in [0.5, 0.6) is 5.75 Å². The van der Waals surface area contributed by atoms with Crippen LogP contribution in [0.3, 0.4) is 0 Å². The number of ether oxygens (including phenoxy) is 2. The summed E-state index contributed by atoms with van der Waals surface area (Å²) in [6.07, 6.45) is -0.452. The second-order valence-corrected chi connectivity index (χ2v) is 10.1.